The van der Waals surface area contributed by atoms with Gasteiger partial charge < -0.3 is 4.98 Å². The quantitative estimate of drug-likeness (QED) is 0.606. The first-order valence-corrected chi connectivity index (χ1v) is 7.50. The summed E-state index contributed by atoms with van der Waals surface area (Å²) < 4.78 is 1.67. The molecule has 0 saturated carbocycles. The predicted octanol–water partition coefficient (Wildman–Crippen LogP) is 2.43. The molecule has 0 spiro atoms. The van der Waals surface area contributed by atoms with E-state index in [1.807, 2.05) is 19.3 Å². The molecule has 0 unspecified atom stereocenters. The Morgan fingerprint density at radius 2 is 2.04 bits per heavy atom. The van der Waals surface area contributed by atoms with Crippen molar-refractivity contribution in [2.75, 3.05) is 0 Å². The third-order valence-corrected chi connectivity index (χ3v) is 3.87. The van der Waals surface area contributed by atoms with Crippen molar-refractivity contribution < 1.29 is 0 Å². The standard InChI is InChI=1S/C16H11ClN6O/c1-23-7-4-11(22-23)14-13(9-2-5-18-8-10(9)17)20-15-12(24)3-6-19-16(15)21-14/h2-8H,1H3,(H,19,21,24). The van der Waals surface area contributed by atoms with Gasteiger partial charge in [-0.2, -0.15) is 5.10 Å². The summed E-state index contributed by atoms with van der Waals surface area (Å²) in [6.45, 7) is 0. The second-order valence-corrected chi connectivity index (χ2v) is 5.60. The first-order chi connectivity index (χ1) is 11.6. The Kier molecular flexibility index (Phi) is 3.35. The Labute approximate surface area is 141 Å². The average molecular weight is 339 g/mol. The molecule has 0 bridgehead atoms. The summed E-state index contributed by atoms with van der Waals surface area (Å²) in [5.41, 5.74) is 2.75. The Morgan fingerprint density at radius 3 is 2.79 bits per heavy atom. The van der Waals surface area contributed by atoms with Crippen molar-refractivity contribution in [1.82, 2.24) is 29.7 Å². The fraction of sp³-hybridized carbons (Fsp3) is 0.0625. The van der Waals surface area contributed by atoms with Crippen LogP contribution in [0.15, 0.2) is 47.8 Å². The SMILES string of the molecule is Cn1ccc(-c2nc3[nH]ccc(=O)c3nc2-c2ccncc2Cl)n1. The van der Waals surface area contributed by atoms with Gasteiger partial charge in [0.2, 0.25) is 5.43 Å². The van der Waals surface area contributed by atoms with E-state index in [0.29, 0.717) is 33.3 Å². The molecule has 4 aromatic heterocycles. The van der Waals surface area contributed by atoms with E-state index < -0.39 is 0 Å². The molecule has 0 aliphatic rings. The zero-order chi connectivity index (χ0) is 16.7. The number of rotatable bonds is 2. The highest BCUT2D eigenvalue weighted by molar-refractivity contribution is 6.33. The van der Waals surface area contributed by atoms with Crippen LogP contribution < -0.4 is 5.43 Å². The Hall–Kier alpha value is -3.06. The molecule has 4 aromatic rings. The van der Waals surface area contributed by atoms with Gasteiger partial charge in [0.15, 0.2) is 11.2 Å². The average Bonchev–Trinajstić information content (AvgIpc) is 3.01. The lowest BCUT2D eigenvalue weighted by Crippen LogP contribution is -2.07. The first-order valence-electron chi connectivity index (χ1n) is 7.13. The minimum atomic E-state index is -0.213. The number of halogens is 1. The number of hydrogen-bond acceptors (Lipinski definition) is 5. The van der Waals surface area contributed by atoms with E-state index in [9.17, 15) is 4.79 Å². The van der Waals surface area contributed by atoms with Gasteiger partial charge in [-0.15, -0.1) is 0 Å². The second-order valence-electron chi connectivity index (χ2n) is 5.19. The normalized spacial score (nSPS) is 11.1. The Balaban J connectivity index is 2.11. The number of fused-ring (bicyclic) bond motifs is 1. The summed E-state index contributed by atoms with van der Waals surface area (Å²) in [5, 5.41) is 4.82. The fourth-order valence-electron chi connectivity index (χ4n) is 2.46. The van der Waals surface area contributed by atoms with E-state index in [4.69, 9.17) is 11.6 Å². The monoisotopic (exact) mass is 338 g/mol. The van der Waals surface area contributed by atoms with Gasteiger partial charge in [0.1, 0.15) is 17.1 Å². The lowest BCUT2D eigenvalue weighted by molar-refractivity contribution is 0.770. The Morgan fingerprint density at radius 1 is 1.17 bits per heavy atom. The maximum atomic E-state index is 12.1. The largest absolute Gasteiger partial charge is 0.345 e. The Bertz CT molecular complexity index is 1120. The smallest absolute Gasteiger partial charge is 0.209 e. The third-order valence-electron chi connectivity index (χ3n) is 3.57. The zero-order valence-corrected chi connectivity index (χ0v) is 13.3. The van der Waals surface area contributed by atoms with Crippen LogP contribution in [0.2, 0.25) is 5.02 Å². The number of nitrogens with zero attached hydrogens (tertiary/aromatic N) is 5. The van der Waals surface area contributed by atoms with Crippen molar-refractivity contribution in [1.29, 1.82) is 0 Å². The van der Waals surface area contributed by atoms with E-state index >= 15 is 0 Å². The summed E-state index contributed by atoms with van der Waals surface area (Å²) in [4.78, 5) is 28.1. The molecule has 4 heterocycles. The van der Waals surface area contributed by atoms with E-state index in [-0.39, 0.29) is 10.9 Å². The van der Waals surface area contributed by atoms with Crippen LogP contribution in [0.1, 0.15) is 0 Å². The van der Waals surface area contributed by atoms with Crippen molar-refractivity contribution in [3.8, 4) is 22.6 Å². The molecule has 118 valence electrons. The molecule has 0 atom stereocenters. The lowest BCUT2D eigenvalue weighted by Gasteiger charge is -2.09. The number of nitrogens with one attached hydrogen (secondary N) is 1. The highest BCUT2D eigenvalue weighted by Gasteiger charge is 2.18. The number of aryl methyl sites for hydroxylation is 1. The molecule has 0 fully saturated rings. The minimum absolute atomic E-state index is 0.213. The van der Waals surface area contributed by atoms with Gasteiger partial charge in [-0.1, -0.05) is 11.6 Å². The first kappa shape index (κ1) is 14.5. The number of aromatic nitrogens is 6. The summed E-state index contributed by atoms with van der Waals surface area (Å²) in [6.07, 6.45) is 6.50. The predicted molar refractivity (Wildman–Crippen MR) is 90.6 cm³/mol. The number of H-pyrrole nitrogens is 1. The molecule has 7 nitrogen and oxygen atoms in total. The van der Waals surface area contributed by atoms with Crippen molar-refractivity contribution in [3.05, 3.63) is 58.2 Å². The number of hydrogen-bond donors (Lipinski definition) is 1. The van der Waals surface area contributed by atoms with Crippen molar-refractivity contribution in [2.45, 2.75) is 0 Å². The molecule has 0 aliphatic carbocycles. The van der Waals surface area contributed by atoms with Crippen LogP contribution in [0.5, 0.6) is 0 Å². The summed E-state index contributed by atoms with van der Waals surface area (Å²) in [5.74, 6) is 0. The minimum Gasteiger partial charge on any atom is -0.345 e. The van der Waals surface area contributed by atoms with Crippen LogP contribution in [-0.4, -0.2) is 29.7 Å². The second kappa shape index (κ2) is 5.54. The molecule has 8 heteroatoms. The molecular weight excluding hydrogens is 328 g/mol. The number of aromatic amines is 1. The summed E-state index contributed by atoms with van der Waals surface area (Å²) >= 11 is 6.27. The van der Waals surface area contributed by atoms with Crippen LogP contribution in [0.4, 0.5) is 0 Å². The molecule has 24 heavy (non-hydrogen) atoms. The summed E-state index contributed by atoms with van der Waals surface area (Å²) in [7, 11) is 1.82. The van der Waals surface area contributed by atoms with Gasteiger partial charge in [-0.3, -0.25) is 14.5 Å². The molecule has 1 N–H and O–H groups in total. The highest BCUT2D eigenvalue weighted by Crippen LogP contribution is 2.32. The molecule has 0 radical (unpaired) electrons. The third kappa shape index (κ3) is 2.35. The molecule has 4 rings (SSSR count). The van der Waals surface area contributed by atoms with E-state index in [2.05, 4.69) is 25.0 Å². The number of pyridine rings is 2. The van der Waals surface area contributed by atoms with Gasteiger partial charge in [-0.25, -0.2) is 9.97 Å². The van der Waals surface area contributed by atoms with Gasteiger partial charge in [-0.05, 0) is 12.1 Å². The molecule has 0 amide bonds. The van der Waals surface area contributed by atoms with Gasteiger partial charge in [0.25, 0.3) is 0 Å². The van der Waals surface area contributed by atoms with E-state index in [1.165, 1.54) is 12.3 Å². The fourth-order valence-corrected chi connectivity index (χ4v) is 2.67. The summed E-state index contributed by atoms with van der Waals surface area (Å²) in [6, 6.07) is 4.98. The topological polar surface area (TPSA) is 89.4 Å². The molecule has 0 saturated heterocycles. The van der Waals surface area contributed by atoms with Crippen molar-refractivity contribution in [3.63, 3.8) is 0 Å². The maximum absolute atomic E-state index is 12.1. The van der Waals surface area contributed by atoms with E-state index in [0.717, 1.165) is 0 Å². The lowest BCUT2D eigenvalue weighted by atomic mass is 10.1. The van der Waals surface area contributed by atoms with Gasteiger partial charge in [0.05, 0.1) is 5.02 Å². The van der Waals surface area contributed by atoms with Gasteiger partial charge in [0, 0.05) is 43.5 Å². The van der Waals surface area contributed by atoms with Crippen LogP contribution in [0.25, 0.3) is 33.8 Å². The maximum Gasteiger partial charge on any atom is 0.209 e. The van der Waals surface area contributed by atoms with Crippen molar-refractivity contribution in [2.24, 2.45) is 7.05 Å². The van der Waals surface area contributed by atoms with Gasteiger partial charge >= 0.3 is 0 Å². The highest BCUT2D eigenvalue weighted by atomic mass is 35.5. The van der Waals surface area contributed by atoms with Crippen LogP contribution in [0, 0.1) is 0 Å². The van der Waals surface area contributed by atoms with E-state index in [1.54, 1.807) is 23.1 Å². The van der Waals surface area contributed by atoms with Crippen LogP contribution in [-0.2, 0) is 7.05 Å². The zero-order valence-electron chi connectivity index (χ0n) is 12.6. The van der Waals surface area contributed by atoms with Crippen LogP contribution >= 0.6 is 11.6 Å². The molecular formula is C16H11ClN6O. The molecule has 0 aromatic carbocycles. The van der Waals surface area contributed by atoms with Crippen LogP contribution in [0.3, 0.4) is 0 Å². The molecule has 0 aliphatic heterocycles. The van der Waals surface area contributed by atoms with Crippen molar-refractivity contribution >= 4 is 22.8 Å².